The summed E-state index contributed by atoms with van der Waals surface area (Å²) in [7, 11) is 0. The van der Waals surface area contributed by atoms with Crippen LogP contribution in [-0.4, -0.2) is 29.1 Å². The number of hydrogen-bond donors (Lipinski definition) is 2. The van der Waals surface area contributed by atoms with Gasteiger partial charge in [-0.25, -0.2) is 4.39 Å². The van der Waals surface area contributed by atoms with Crippen LogP contribution in [0.25, 0.3) is 0 Å². The number of hydrogen-bond acceptors (Lipinski definition) is 5. The van der Waals surface area contributed by atoms with Gasteiger partial charge in [0, 0.05) is 11.1 Å². The molecule has 2 N–H and O–H groups in total. The van der Waals surface area contributed by atoms with Crippen molar-refractivity contribution in [3.05, 3.63) is 65.0 Å². The van der Waals surface area contributed by atoms with Gasteiger partial charge in [0.15, 0.2) is 5.78 Å². The summed E-state index contributed by atoms with van der Waals surface area (Å²) in [6.07, 6.45) is -0.926. The maximum absolute atomic E-state index is 13.0. The highest BCUT2D eigenvalue weighted by Crippen LogP contribution is 2.40. The molecule has 0 radical (unpaired) electrons. The molecule has 2 aromatic carbocycles. The van der Waals surface area contributed by atoms with Crippen LogP contribution in [0, 0.1) is 17.1 Å². The lowest BCUT2D eigenvalue weighted by Gasteiger charge is -2.42. The van der Waals surface area contributed by atoms with Gasteiger partial charge < -0.3 is 15.2 Å². The molecule has 26 heavy (non-hydrogen) atoms. The Labute approximate surface area is 151 Å². The predicted molar refractivity (Wildman–Crippen MR) is 93.3 cm³/mol. The van der Waals surface area contributed by atoms with Crippen LogP contribution in [0.2, 0.25) is 0 Å². The summed E-state index contributed by atoms with van der Waals surface area (Å²) in [6, 6.07) is 11.8. The molecule has 6 heteroatoms. The molecule has 1 heterocycles. The number of rotatable bonds is 4. The molecule has 2 atom stereocenters. The Morgan fingerprint density at radius 3 is 2.65 bits per heavy atom. The van der Waals surface area contributed by atoms with Crippen LogP contribution in [0.3, 0.4) is 0 Å². The van der Waals surface area contributed by atoms with E-state index < -0.39 is 23.6 Å². The monoisotopic (exact) mass is 354 g/mol. The minimum atomic E-state index is -0.926. The van der Waals surface area contributed by atoms with E-state index in [1.807, 2.05) is 0 Å². The van der Waals surface area contributed by atoms with Crippen molar-refractivity contribution in [2.75, 3.05) is 6.54 Å². The number of ketones is 1. The minimum Gasteiger partial charge on any atom is -0.485 e. The fraction of sp³-hybridized carbons (Fsp3) is 0.300. The first-order chi connectivity index (χ1) is 12.3. The summed E-state index contributed by atoms with van der Waals surface area (Å²) in [5, 5.41) is 22.9. The third kappa shape index (κ3) is 3.45. The summed E-state index contributed by atoms with van der Waals surface area (Å²) in [5.74, 6) is -0.0698. The quantitative estimate of drug-likeness (QED) is 0.825. The normalized spacial score (nSPS) is 20.6. The zero-order valence-electron chi connectivity index (χ0n) is 14.5. The fourth-order valence-corrected chi connectivity index (χ4v) is 3.03. The van der Waals surface area contributed by atoms with Crippen LogP contribution >= 0.6 is 0 Å². The summed E-state index contributed by atoms with van der Waals surface area (Å²) in [6.45, 7) is 3.48. The number of nitrogens with one attached hydrogen (secondary N) is 1. The molecular formula is C20H19FN2O3. The summed E-state index contributed by atoms with van der Waals surface area (Å²) >= 11 is 0. The van der Waals surface area contributed by atoms with Crippen LogP contribution in [0.5, 0.6) is 5.75 Å². The Morgan fingerprint density at radius 2 is 2.00 bits per heavy atom. The van der Waals surface area contributed by atoms with Crippen molar-refractivity contribution in [3.63, 3.8) is 0 Å². The number of ether oxygens (including phenoxy) is 1. The number of fused-ring (bicyclic) bond motifs is 1. The first-order valence-corrected chi connectivity index (χ1v) is 8.25. The Bertz CT molecular complexity index is 872. The zero-order chi connectivity index (χ0) is 18.9. The van der Waals surface area contributed by atoms with Crippen molar-refractivity contribution in [3.8, 4) is 11.8 Å². The Morgan fingerprint density at radius 1 is 1.31 bits per heavy atom. The van der Waals surface area contributed by atoms with E-state index in [-0.39, 0.29) is 12.3 Å². The van der Waals surface area contributed by atoms with Gasteiger partial charge in [-0.2, -0.15) is 5.26 Å². The number of carbonyl (C=O) groups is 1. The number of halogens is 1. The molecule has 2 aromatic rings. The van der Waals surface area contributed by atoms with E-state index in [4.69, 9.17) is 10.00 Å². The molecule has 0 saturated carbocycles. The fourth-order valence-electron chi connectivity index (χ4n) is 3.03. The Balaban J connectivity index is 1.85. The van der Waals surface area contributed by atoms with Crippen molar-refractivity contribution < 1.29 is 19.0 Å². The van der Waals surface area contributed by atoms with Crippen molar-refractivity contribution in [2.24, 2.45) is 0 Å². The van der Waals surface area contributed by atoms with Gasteiger partial charge in [0.1, 0.15) is 23.3 Å². The molecule has 3 rings (SSSR count). The lowest BCUT2D eigenvalue weighted by molar-refractivity contribution is -0.0640. The SMILES string of the molecule is CC1(C)Oc2ccc(C#N)cc2[C@H](NCC(=O)c2ccc(F)cc2)[C@H]1O. The van der Waals surface area contributed by atoms with Gasteiger partial charge in [-0.3, -0.25) is 4.79 Å². The lowest BCUT2D eigenvalue weighted by atomic mass is 9.86. The smallest absolute Gasteiger partial charge is 0.176 e. The highest BCUT2D eigenvalue weighted by atomic mass is 19.1. The van der Waals surface area contributed by atoms with Gasteiger partial charge in [0.25, 0.3) is 0 Å². The van der Waals surface area contributed by atoms with Gasteiger partial charge >= 0.3 is 0 Å². The maximum atomic E-state index is 13.0. The van der Waals surface area contributed by atoms with Crippen molar-refractivity contribution in [2.45, 2.75) is 31.6 Å². The number of nitrogens with zero attached hydrogens (tertiary/aromatic N) is 1. The van der Waals surface area contributed by atoms with E-state index in [2.05, 4.69) is 11.4 Å². The van der Waals surface area contributed by atoms with Crippen molar-refractivity contribution in [1.29, 1.82) is 5.26 Å². The second kappa shape index (κ2) is 6.87. The lowest BCUT2D eigenvalue weighted by Crippen LogP contribution is -2.53. The molecule has 0 spiro atoms. The number of aliphatic hydroxyl groups excluding tert-OH is 1. The first-order valence-electron chi connectivity index (χ1n) is 8.25. The first kappa shape index (κ1) is 18.1. The average Bonchev–Trinajstić information content (AvgIpc) is 2.62. The van der Waals surface area contributed by atoms with Crippen molar-refractivity contribution >= 4 is 5.78 Å². The van der Waals surface area contributed by atoms with Gasteiger partial charge in [0.2, 0.25) is 0 Å². The highest BCUT2D eigenvalue weighted by molar-refractivity contribution is 5.97. The third-order valence-corrected chi connectivity index (χ3v) is 4.52. The standard InChI is InChI=1S/C20H19FN2O3/c1-20(2)19(25)18(15-9-12(10-22)3-8-17(15)26-20)23-11-16(24)13-4-6-14(21)7-5-13/h3-9,18-19,23,25H,11H2,1-2H3/t18-,19+/m0/s1. The number of carbonyl (C=O) groups excluding carboxylic acids is 1. The maximum Gasteiger partial charge on any atom is 0.176 e. The molecule has 0 aliphatic carbocycles. The van der Waals surface area contributed by atoms with E-state index in [0.717, 1.165) is 0 Å². The van der Waals surface area contributed by atoms with Gasteiger partial charge in [-0.15, -0.1) is 0 Å². The van der Waals surface area contributed by atoms with Crippen molar-refractivity contribution in [1.82, 2.24) is 5.32 Å². The average molecular weight is 354 g/mol. The Kier molecular flexibility index (Phi) is 4.77. The minimum absolute atomic E-state index is 0.0420. The number of nitriles is 1. The van der Waals surface area contributed by atoms with Gasteiger partial charge in [-0.1, -0.05) is 0 Å². The molecule has 1 aliphatic rings. The summed E-state index contributed by atoms with van der Waals surface area (Å²) in [4.78, 5) is 12.4. The third-order valence-electron chi connectivity index (χ3n) is 4.52. The van der Waals surface area contributed by atoms with E-state index in [9.17, 15) is 14.3 Å². The molecular weight excluding hydrogens is 335 g/mol. The van der Waals surface area contributed by atoms with Gasteiger partial charge in [-0.05, 0) is 56.3 Å². The van der Waals surface area contributed by atoms with E-state index >= 15 is 0 Å². The number of benzene rings is 2. The molecule has 0 bridgehead atoms. The highest BCUT2D eigenvalue weighted by Gasteiger charge is 2.42. The molecule has 1 aliphatic heterocycles. The number of Topliss-reactive ketones (excluding diaryl/α,β-unsaturated/α-hetero) is 1. The zero-order valence-corrected chi connectivity index (χ0v) is 14.5. The molecule has 0 saturated heterocycles. The van der Waals surface area contributed by atoms with Crippen LogP contribution < -0.4 is 10.1 Å². The molecule has 0 aromatic heterocycles. The molecule has 0 amide bonds. The van der Waals surface area contributed by atoms with Gasteiger partial charge in [0.05, 0.1) is 24.2 Å². The topological polar surface area (TPSA) is 82.3 Å². The summed E-state index contributed by atoms with van der Waals surface area (Å²) < 4.78 is 18.8. The van der Waals surface area contributed by atoms with E-state index in [0.29, 0.717) is 22.4 Å². The Hall–Kier alpha value is -2.75. The molecule has 0 unspecified atom stereocenters. The second-order valence-corrected chi connectivity index (χ2v) is 6.80. The van der Waals surface area contributed by atoms with Crippen LogP contribution in [0.1, 0.15) is 41.4 Å². The van der Waals surface area contributed by atoms with Crippen LogP contribution in [-0.2, 0) is 0 Å². The number of aliphatic hydroxyl groups is 1. The predicted octanol–water partition coefficient (Wildman–Crippen LogP) is 2.74. The van der Waals surface area contributed by atoms with Crippen LogP contribution in [0.4, 0.5) is 4.39 Å². The second-order valence-electron chi connectivity index (χ2n) is 6.80. The summed E-state index contributed by atoms with van der Waals surface area (Å²) in [5.41, 5.74) is 0.585. The van der Waals surface area contributed by atoms with E-state index in [1.54, 1.807) is 32.0 Å². The molecule has 0 fully saturated rings. The van der Waals surface area contributed by atoms with E-state index in [1.165, 1.54) is 24.3 Å². The molecule has 134 valence electrons. The molecule has 5 nitrogen and oxygen atoms in total. The largest absolute Gasteiger partial charge is 0.485 e. The van der Waals surface area contributed by atoms with Crippen LogP contribution in [0.15, 0.2) is 42.5 Å².